The van der Waals surface area contributed by atoms with E-state index >= 15 is 0 Å². The standard InChI is InChI=1S/C12H12ClF2NO/c1-7-4-9(11(15)5-10(7)14)12(17)16-3-2-8(13)6-16/h4-5,8H,2-3,6H2,1H3. The minimum Gasteiger partial charge on any atom is -0.337 e. The van der Waals surface area contributed by atoms with Gasteiger partial charge in [-0.1, -0.05) is 0 Å². The molecule has 0 bridgehead atoms. The van der Waals surface area contributed by atoms with Crippen molar-refractivity contribution in [2.24, 2.45) is 0 Å². The zero-order valence-electron chi connectivity index (χ0n) is 9.34. The van der Waals surface area contributed by atoms with Gasteiger partial charge in [-0.2, -0.15) is 0 Å². The third kappa shape index (κ3) is 2.41. The molecule has 2 nitrogen and oxygen atoms in total. The molecule has 0 N–H and O–H groups in total. The molecule has 1 saturated heterocycles. The Bertz CT molecular complexity index is 464. The number of carbonyl (C=O) groups is 1. The number of aryl methyl sites for hydroxylation is 1. The van der Waals surface area contributed by atoms with E-state index in [0.717, 1.165) is 6.07 Å². The molecule has 1 atom stereocenters. The van der Waals surface area contributed by atoms with Gasteiger partial charge in [0.15, 0.2) is 0 Å². The molecule has 0 saturated carbocycles. The fourth-order valence-corrected chi connectivity index (χ4v) is 2.16. The number of hydrogen-bond donors (Lipinski definition) is 0. The van der Waals surface area contributed by atoms with Crippen molar-refractivity contribution in [3.63, 3.8) is 0 Å². The van der Waals surface area contributed by atoms with Crippen molar-refractivity contribution in [2.45, 2.75) is 18.7 Å². The number of carbonyl (C=O) groups excluding carboxylic acids is 1. The molecule has 1 aliphatic heterocycles. The van der Waals surface area contributed by atoms with Crippen LogP contribution in [0.15, 0.2) is 12.1 Å². The fraction of sp³-hybridized carbons (Fsp3) is 0.417. The molecule has 0 radical (unpaired) electrons. The fourth-order valence-electron chi connectivity index (χ4n) is 1.89. The van der Waals surface area contributed by atoms with Crippen molar-refractivity contribution < 1.29 is 13.6 Å². The lowest BCUT2D eigenvalue weighted by Crippen LogP contribution is -2.29. The Morgan fingerprint density at radius 2 is 2.12 bits per heavy atom. The largest absolute Gasteiger partial charge is 0.337 e. The monoisotopic (exact) mass is 259 g/mol. The van der Waals surface area contributed by atoms with Crippen LogP contribution in [-0.4, -0.2) is 29.3 Å². The van der Waals surface area contributed by atoms with Crippen LogP contribution in [0.3, 0.4) is 0 Å². The van der Waals surface area contributed by atoms with Crippen molar-refractivity contribution in [1.82, 2.24) is 4.90 Å². The second kappa shape index (κ2) is 4.61. The van der Waals surface area contributed by atoms with Crippen LogP contribution >= 0.6 is 11.6 Å². The predicted molar refractivity (Wildman–Crippen MR) is 61.3 cm³/mol. The van der Waals surface area contributed by atoms with Crippen LogP contribution in [0.2, 0.25) is 0 Å². The Morgan fingerprint density at radius 3 is 2.71 bits per heavy atom. The molecule has 1 amide bonds. The third-order valence-corrected chi connectivity index (χ3v) is 3.25. The van der Waals surface area contributed by atoms with Gasteiger partial charge in [-0.05, 0) is 25.0 Å². The quantitative estimate of drug-likeness (QED) is 0.710. The Balaban J connectivity index is 2.28. The minimum absolute atomic E-state index is 0.0800. The summed E-state index contributed by atoms with van der Waals surface area (Å²) in [7, 11) is 0. The van der Waals surface area contributed by atoms with Gasteiger partial charge in [-0.25, -0.2) is 8.78 Å². The number of hydrogen-bond acceptors (Lipinski definition) is 1. The van der Waals surface area contributed by atoms with Gasteiger partial charge < -0.3 is 4.90 Å². The van der Waals surface area contributed by atoms with Gasteiger partial charge in [-0.15, -0.1) is 11.6 Å². The summed E-state index contributed by atoms with van der Waals surface area (Å²) >= 11 is 5.89. The van der Waals surface area contributed by atoms with Gasteiger partial charge in [0, 0.05) is 19.2 Å². The smallest absolute Gasteiger partial charge is 0.256 e. The lowest BCUT2D eigenvalue weighted by molar-refractivity contribution is 0.0788. The molecule has 0 aromatic heterocycles. The van der Waals surface area contributed by atoms with Crippen LogP contribution < -0.4 is 0 Å². The molecule has 2 rings (SSSR count). The van der Waals surface area contributed by atoms with E-state index in [0.29, 0.717) is 19.5 Å². The van der Waals surface area contributed by atoms with E-state index in [9.17, 15) is 13.6 Å². The summed E-state index contributed by atoms with van der Waals surface area (Å²) in [6, 6.07) is 1.99. The van der Waals surface area contributed by atoms with Gasteiger partial charge in [0.25, 0.3) is 5.91 Å². The molecule has 0 spiro atoms. The molecule has 1 aliphatic rings. The summed E-state index contributed by atoms with van der Waals surface area (Å²) in [5.74, 6) is -1.89. The van der Waals surface area contributed by atoms with Crippen LogP contribution in [0.4, 0.5) is 8.78 Å². The maximum atomic E-state index is 13.5. The zero-order chi connectivity index (χ0) is 12.6. The Kier molecular flexibility index (Phi) is 3.33. The zero-order valence-corrected chi connectivity index (χ0v) is 10.1. The maximum Gasteiger partial charge on any atom is 0.256 e. The van der Waals surface area contributed by atoms with Crippen LogP contribution in [0, 0.1) is 18.6 Å². The van der Waals surface area contributed by atoms with Crippen LogP contribution in [-0.2, 0) is 0 Å². The normalized spacial score (nSPS) is 19.8. The van der Waals surface area contributed by atoms with E-state index in [-0.39, 0.29) is 16.5 Å². The number of halogens is 3. The Labute approximate surface area is 103 Å². The molecular formula is C12H12ClF2NO. The lowest BCUT2D eigenvalue weighted by Gasteiger charge is -2.16. The van der Waals surface area contributed by atoms with Gasteiger partial charge >= 0.3 is 0 Å². The maximum absolute atomic E-state index is 13.5. The summed E-state index contributed by atoms with van der Waals surface area (Å²) in [5, 5.41) is -0.0800. The predicted octanol–water partition coefficient (Wildman–Crippen LogP) is 2.73. The average Bonchev–Trinajstić information content (AvgIpc) is 2.69. The number of amides is 1. The van der Waals surface area contributed by atoms with Gasteiger partial charge in [0.05, 0.1) is 10.9 Å². The number of likely N-dealkylation sites (tertiary alicyclic amines) is 1. The SMILES string of the molecule is Cc1cc(C(=O)N2CCC(Cl)C2)c(F)cc1F. The van der Waals surface area contributed by atoms with E-state index in [1.54, 1.807) is 0 Å². The second-order valence-electron chi connectivity index (χ2n) is 4.22. The summed E-state index contributed by atoms with van der Waals surface area (Å²) < 4.78 is 26.6. The molecule has 1 aromatic rings. The van der Waals surface area contributed by atoms with Crippen molar-refractivity contribution >= 4 is 17.5 Å². The molecule has 1 fully saturated rings. The highest BCUT2D eigenvalue weighted by atomic mass is 35.5. The van der Waals surface area contributed by atoms with E-state index in [4.69, 9.17) is 11.6 Å². The average molecular weight is 260 g/mol. The Hall–Kier alpha value is -1.16. The van der Waals surface area contributed by atoms with E-state index in [1.165, 1.54) is 17.9 Å². The van der Waals surface area contributed by atoms with Crippen LogP contribution in [0.5, 0.6) is 0 Å². The van der Waals surface area contributed by atoms with Crippen molar-refractivity contribution in [3.8, 4) is 0 Å². The third-order valence-electron chi connectivity index (χ3n) is 2.90. The first-order valence-electron chi connectivity index (χ1n) is 5.38. The van der Waals surface area contributed by atoms with Crippen molar-refractivity contribution in [3.05, 3.63) is 34.9 Å². The van der Waals surface area contributed by atoms with E-state index in [2.05, 4.69) is 0 Å². The molecule has 1 heterocycles. The highest BCUT2D eigenvalue weighted by Gasteiger charge is 2.27. The van der Waals surface area contributed by atoms with Crippen LogP contribution in [0.25, 0.3) is 0 Å². The summed E-state index contributed by atoms with van der Waals surface area (Å²) in [5.41, 5.74) is 0.172. The minimum atomic E-state index is -0.823. The number of benzene rings is 1. The highest BCUT2D eigenvalue weighted by Crippen LogP contribution is 2.20. The number of nitrogens with zero attached hydrogens (tertiary/aromatic N) is 1. The molecular weight excluding hydrogens is 248 g/mol. The van der Waals surface area contributed by atoms with Gasteiger partial charge in [0.2, 0.25) is 0 Å². The topological polar surface area (TPSA) is 20.3 Å². The molecule has 0 aliphatic carbocycles. The van der Waals surface area contributed by atoms with E-state index in [1.807, 2.05) is 0 Å². The molecule has 5 heteroatoms. The second-order valence-corrected chi connectivity index (χ2v) is 4.84. The highest BCUT2D eigenvalue weighted by molar-refractivity contribution is 6.21. The molecule has 92 valence electrons. The summed E-state index contributed by atoms with van der Waals surface area (Å²) in [6.07, 6.45) is 0.703. The first-order valence-corrected chi connectivity index (χ1v) is 5.81. The van der Waals surface area contributed by atoms with Crippen molar-refractivity contribution in [1.29, 1.82) is 0 Å². The number of rotatable bonds is 1. The van der Waals surface area contributed by atoms with E-state index < -0.39 is 17.5 Å². The molecule has 17 heavy (non-hydrogen) atoms. The lowest BCUT2D eigenvalue weighted by atomic mass is 10.1. The summed E-state index contributed by atoms with van der Waals surface area (Å²) in [6.45, 7) is 2.43. The molecule has 1 aromatic carbocycles. The first-order chi connectivity index (χ1) is 7.99. The number of alkyl halides is 1. The van der Waals surface area contributed by atoms with Gasteiger partial charge in [-0.3, -0.25) is 4.79 Å². The van der Waals surface area contributed by atoms with Gasteiger partial charge in [0.1, 0.15) is 11.6 Å². The Morgan fingerprint density at radius 1 is 1.41 bits per heavy atom. The van der Waals surface area contributed by atoms with Crippen molar-refractivity contribution in [2.75, 3.05) is 13.1 Å². The summed E-state index contributed by atoms with van der Waals surface area (Å²) in [4.78, 5) is 13.5. The first kappa shape index (κ1) is 12.3. The van der Waals surface area contributed by atoms with Crippen LogP contribution in [0.1, 0.15) is 22.3 Å². The molecule has 1 unspecified atom stereocenters.